The van der Waals surface area contributed by atoms with Crippen molar-refractivity contribution >= 4 is 24.2 Å². The van der Waals surface area contributed by atoms with Gasteiger partial charge in [0.25, 0.3) is 0 Å². The zero-order valence-corrected chi connectivity index (χ0v) is 23.0. The first-order valence-corrected chi connectivity index (χ1v) is 14.6. The molecule has 37 heavy (non-hydrogen) atoms. The van der Waals surface area contributed by atoms with Crippen molar-refractivity contribution in [2.45, 2.75) is 101 Å². The van der Waals surface area contributed by atoms with E-state index in [9.17, 15) is 4.79 Å². The molecule has 1 aromatic carbocycles. The summed E-state index contributed by atoms with van der Waals surface area (Å²) in [4.78, 5) is 21.8. The molecular weight excluding hydrogens is 465 g/mol. The van der Waals surface area contributed by atoms with Crippen LogP contribution in [0.2, 0.25) is 0 Å². The number of fused-ring (bicyclic) bond motifs is 2. The van der Waals surface area contributed by atoms with E-state index in [1.807, 2.05) is 0 Å². The van der Waals surface area contributed by atoms with Crippen LogP contribution in [0.3, 0.4) is 0 Å². The molecule has 0 atom stereocenters. The number of rotatable bonds is 4. The van der Waals surface area contributed by atoms with Gasteiger partial charge in [-0.25, -0.2) is 0 Å². The largest absolute Gasteiger partial charge is 0.494 e. The number of carbonyl (C=O) groups excluding carboxylic acids is 1. The molecule has 1 saturated carbocycles. The number of carbonyl (C=O) groups is 1. The molecule has 0 N–H and O–H groups in total. The number of nitrogens with zero attached hydrogens (tertiary/aromatic N) is 3. The lowest BCUT2D eigenvalue weighted by molar-refractivity contribution is -0.128. The van der Waals surface area contributed by atoms with Crippen LogP contribution in [0.1, 0.15) is 71.8 Å². The molecule has 8 heteroatoms. The number of likely N-dealkylation sites (tertiary alicyclic amines) is 2. The summed E-state index contributed by atoms with van der Waals surface area (Å²) in [5.74, 6) is 0.336. The summed E-state index contributed by atoms with van der Waals surface area (Å²) in [6.45, 7) is 14.4. The lowest BCUT2D eigenvalue weighted by atomic mass is 9.71. The van der Waals surface area contributed by atoms with Crippen LogP contribution in [-0.2, 0) is 24.3 Å². The first-order chi connectivity index (χ1) is 17.7. The van der Waals surface area contributed by atoms with E-state index in [2.05, 4.69) is 60.6 Å². The first-order valence-electron chi connectivity index (χ1n) is 14.6. The van der Waals surface area contributed by atoms with Gasteiger partial charge in [0.1, 0.15) is 0 Å². The molecule has 1 spiro atoms. The van der Waals surface area contributed by atoms with E-state index in [-0.39, 0.29) is 11.2 Å². The van der Waals surface area contributed by atoms with Crippen LogP contribution < -0.4 is 10.4 Å². The Morgan fingerprint density at radius 3 is 2.05 bits per heavy atom. The number of ether oxygens (including phenoxy) is 1. The Balaban J connectivity index is 1.19. The Morgan fingerprint density at radius 1 is 0.838 bits per heavy atom. The highest BCUT2D eigenvalue weighted by Gasteiger charge is 2.57. The van der Waals surface area contributed by atoms with Gasteiger partial charge in [0, 0.05) is 17.8 Å². The number of hydrogen-bond donors (Lipinski definition) is 0. The van der Waals surface area contributed by atoms with Crippen LogP contribution in [0.25, 0.3) is 0 Å². The van der Waals surface area contributed by atoms with Crippen molar-refractivity contribution in [1.82, 2.24) is 9.80 Å². The second kappa shape index (κ2) is 8.53. The van der Waals surface area contributed by atoms with Crippen LogP contribution >= 0.6 is 0 Å². The standard InChI is InChI=1S/C29H42BN3O4/c1-27(2)28(3,4)37-30(36-27)20-7-8-24-25(15-20)33(22-16-21(17-22)31-11-5-6-12-31)26(34)29(24)9-13-32(14-10-29)23-18-35-19-23/h7-8,15,21-23H,5-6,9-14,16-19H2,1-4H3. The van der Waals surface area contributed by atoms with Gasteiger partial charge in [-0.15, -0.1) is 0 Å². The Morgan fingerprint density at radius 2 is 1.46 bits per heavy atom. The summed E-state index contributed by atoms with van der Waals surface area (Å²) in [5, 5.41) is 0. The zero-order chi connectivity index (χ0) is 25.6. The van der Waals surface area contributed by atoms with E-state index in [1.165, 1.54) is 31.5 Å². The molecule has 1 aliphatic carbocycles. The number of hydrogen-bond acceptors (Lipinski definition) is 6. The Labute approximate surface area is 221 Å². The molecule has 5 aliphatic heterocycles. The van der Waals surface area contributed by atoms with Crippen molar-refractivity contribution in [2.24, 2.45) is 0 Å². The fourth-order valence-electron chi connectivity index (χ4n) is 7.46. The van der Waals surface area contributed by atoms with Crippen LogP contribution in [0.4, 0.5) is 5.69 Å². The summed E-state index contributed by atoms with van der Waals surface area (Å²) in [6, 6.07) is 8.06. The van der Waals surface area contributed by atoms with Gasteiger partial charge >= 0.3 is 7.12 Å². The lowest BCUT2D eigenvalue weighted by Crippen LogP contribution is -2.59. The lowest BCUT2D eigenvalue weighted by Gasteiger charge is -2.47. The van der Waals surface area contributed by atoms with Crippen molar-refractivity contribution < 1.29 is 18.8 Å². The molecule has 7 nitrogen and oxygen atoms in total. The van der Waals surface area contributed by atoms with Gasteiger partial charge in [-0.2, -0.15) is 0 Å². The first kappa shape index (κ1) is 24.6. The minimum Gasteiger partial charge on any atom is -0.399 e. The molecule has 6 aliphatic rings. The molecule has 1 aromatic rings. The molecule has 0 unspecified atom stereocenters. The van der Waals surface area contributed by atoms with Crippen LogP contribution in [0, 0.1) is 0 Å². The SMILES string of the molecule is CC1(C)OB(c2ccc3c(c2)N(C2CC(N4CCCC4)C2)C(=O)C32CCN(C3COC3)CC2)OC1(C)C. The maximum absolute atomic E-state index is 14.4. The van der Waals surface area contributed by atoms with Crippen molar-refractivity contribution in [3.63, 3.8) is 0 Å². The molecule has 200 valence electrons. The van der Waals surface area contributed by atoms with E-state index >= 15 is 0 Å². The van der Waals surface area contributed by atoms with Crippen molar-refractivity contribution in [1.29, 1.82) is 0 Å². The van der Waals surface area contributed by atoms with Gasteiger partial charge in [-0.05, 0) is 109 Å². The topological polar surface area (TPSA) is 54.5 Å². The van der Waals surface area contributed by atoms with Crippen LogP contribution in [0.5, 0.6) is 0 Å². The van der Waals surface area contributed by atoms with E-state index in [0.717, 1.165) is 63.1 Å². The molecule has 0 bridgehead atoms. The number of amides is 1. The fraction of sp³-hybridized carbons (Fsp3) is 0.759. The van der Waals surface area contributed by atoms with Gasteiger partial charge in [-0.1, -0.05) is 12.1 Å². The van der Waals surface area contributed by atoms with Crippen molar-refractivity contribution in [3.8, 4) is 0 Å². The zero-order valence-electron chi connectivity index (χ0n) is 23.0. The van der Waals surface area contributed by atoms with Crippen LogP contribution in [0.15, 0.2) is 18.2 Å². The molecule has 7 rings (SSSR count). The van der Waals surface area contributed by atoms with Crippen LogP contribution in [-0.4, -0.2) is 91.5 Å². The second-order valence-corrected chi connectivity index (χ2v) is 13.4. The molecule has 0 radical (unpaired) electrons. The van der Waals surface area contributed by atoms with Gasteiger partial charge in [0.2, 0.25) is 5.91 Å². The summed E-state index contributed by atoms with van der Waals surface area (Å²) in [7, 11) is -0.414. The number of anilines is 1. The number of piperidine rings is 1. The molecule has 5 heterocycles. The quantitative estimate of drug-likeness (QED) is 0.585. The van der Waals surface area contributed by atoms with E-state index in [0.29, 0.717) is 24.0 Å². The third-order valence-corrected chi connectivity index (χ3v) is 10.8. The number of benzene rings is 1. The molecule has 0 aromatic heterocycles. The molecular formula is C29H42BN3O4. The second-order valence-electron chi connectivity index (χ2n) is 13.4. The van der Waals surface area contributed by atoms with Gasteiger partial charge in [-0.3, -0.25) is 9.69 Å². The highest BCUT2D eigenvalue weighted by molar-refractivity contribution is 6.62. The molecule has 5 fully saturated rings. The average Bonchev–Trinajstić information content (AvgIpc) is 3.45. The fourth-order valence-corrected chi connectivity index (χ4v) is 7.46. The minimum atomic E-state index is -0.414. The molecule has 1 amide bonds. The smallest absolute Gasteiger partial charge is 0.399 e. The maximum Gasteiger partial charge on any atom is 0.494 e. The predicted molar refractivity (Wildman–Crippen MR) is 144 cm³/mol. The summed E-state index contributed by atoms with van der Waals surface area (Å²) in [5.41, 5.74) is 2.19. The van der Waals surface area contributed by atoms with Crippen molar-refractivity contribution in [3.05, 3.63) is 23.8 Å². The maximum atomic E-state index is 14.4. The Hall–Kier alpha value is -1.45. The Bertz CT molecular complexity index is 1050. The normalized spacial score (nSPS) is 33.1. The van der Waals surface area contributed by atoms with E-state index in [4.69, 9.17) is 14.0 Å². The van der Waals surface area contributed by atoms with E-state index in [1.54, 1.807) is 0 Å². The molecule has 4 saturated heterocycles. The third kappa shape index (κ3) is 3.70. The van der Waals surface area contributed by atoms with E-state index < -0.39 is 12.5 Å². The highest BCUT2D eigenvalue weighted by Crippen LogP contribution is 2.51. The summed E-state index contributed by atoms with van der Waals surface area (Å²) in [6.07, 6.45) is 6.60. The summed E-state index contributed by atoms with van der Waals surface area (Å²) < 4.78 is 18.3. The predicted octanol–water partition coefficient (Wildman–Crippen LogP) is 2.69. The third-order valence-electron chi connectivity index (χ3n) is 10.8. The average molecular weight is 507 g/mol. The van der Waals surface area contributed by atoms with Gasteiger partial charge in [0.15, 0.2) is 0 Å². The van der Waals surface area contributed by atoms with Crippen molar-refractivity contribution in [2.75, 3.05) is 44.3 Å². The van der Waals surface area contributed by atoms with Gasteiger partial charge < -0.3 is 23.8 Å². The Kier molecular flexibility index (Phi) is 5.66. The highest BCUT2D eigenvalue weighted by atomic mass is 16.7. The minimum absolute atomic E-state index is 0.294. The van der Waals surface area contributed by atoms with Gasteiger partial charge in [0.05, 0.1) is 35.9 Å². The monoisotopic (exact) mass is 507 g/mol. The summed E-state index contributed by atoms with van der Waals surface area (Å²) >= 11 is 0.